The molecule has 3 aromatic rings. The van der Waals surface area contributed by atoms with Crippen molar-refractivity contribution in [1.82, 2.24) is 14.8 Å². The van der Waals surface area contributed by atoms with Gasteiger partial charge in [-0.1, -0.05) is 29.4 Å². The molecule has 0 atom stereocenters. The molecule has 0 bridgehead atoms. The molecule has 30 heavy (non-hydrogen) atoms. The van der Waals surface area contributed by atoms with Crippen LogP contribution in [0.3, 0.4) is 0 Å². The maximum atomic E-state index is 12.4. The van der Waals surface area contributed by atoms with Crippen molar-refractivity contribution in [3.05, 3.63) is 60.1 Å². The lowest BCUT2D eigenvalue weighted by Gasteiger charge is -2.10. The van der Waals surface area contributed by atoms with Gasteiger partial charge in [0.2, 0.25) is 5.91 Å². The minimum absolute atomic E-state index is 0.144. The Labute approximate surface area is 184 Å². The largest absolute Gasteiger partial charge is 0.497 e. The number of hydrogen-bond donors (Lipinski definition) is 1. The number of nitrogens with zero attached hydrogens (tertiary/aromatic N) is 3. The molecule has 1 amide bonds. The number of amides is 1. The number of thioether (sulfide) groups is 1. The van der Waals surface area contributed by atoms with E-state index in [1.54, 1.807) is 38.5 Å². The van der Waals surface area contributed by atoms with E-state index in [0.717, 1.165) is 11.3 Å². The molecule has 2 aromatic carbocycles. The minimum Gasteiger partial charge on any atom is -0.497 e. The first-order valence-corrected chi connectivity index (χ1v) is 10.4. The lowest BCUT2D eigenvalue weighted by molar-refractivity contribution is -0.113. The van der Waals surface area contributed by atoms with Gasteiger partial charge in [0.05, 0.1) is 30.7 Å². The summed E-state index contributed by atoms with van der Waals surface area (Å²) >= 11 is 7.43. The molecule has 156 valence electrons. The van der Waals surface area contributed by atoms with Crippen molar-refractivity contribution in [2.24, 2.45) is 0 Å². The van der Waals surface area contributed by atoms with Crippen LogP contribution < -0.4 is 14.8 Å². The van der Waals surface area contributed by atoms with Crippen molar-refractivity contribution in [1.29, 1.82) is 0 Å². The molecule has 7 nitrogen and oxygen atoms in total. The molecule has 0 spiro atoms. The second kappa shape index (κ2) is 10.2. The summed E-state index contributed by atoms with van der Waals surface area (Å²) in [6.07, 6.45) is 1.76. The Morgan fingerprint density at radius 3 is 2.53 bits per heavy atom. The molecule has 0 aliphatic rings. The quantitative estimate of drug-likeness (QED) is 0.386. The Morgan fingerprint density at radius 2 is 1.87 bits per heavy atom. The normalized spacial score (nSPS) is 10.5. The average Bonchev–Trinajstić information content (AvgIpc) is 3.16. The molecule has 0 fully saturated rings. The highest BCUT2D eigenvalue weighted by Gasteiger charge is 2.16. The topological polar surface area (TPSA) is 78.3 Å². The first kappa shape index (κ1) is 21.7. The molecule has 1 N–H and O–H groups in total. The highest BCUT2D eigenvalue weighted by atomic mass is 35.5. The van der Waals surface area contributed by atoms with E-state index in [2.05, 4.69) is 22.1 Å². The van der Waals surface area contributed by atoms with E-state index in [1.807, 2.05) is 28.8 Å². The number of methoxy groups -OCH3 is 2. The fraction of sp³-hybridized carbons (Fsp3) is 0.190. The molecule has 0 unspecified atom stereocenters. The Morgan fingerprint density at radius 1 is 1.17 bits per heavy atom. The van der Waals surface area contributed by atoms with Crippen LogP contribution >= 0.6 is 23.4 Å². The van der Waals surface area contributed by atoms with E-state index < -0.39 is 0 Å². The monoisotopic (exact) mass is 444 g/mol. The molecule has 0 saturated heterocycles. The van der Waals surface area contributed by atoms with Gasteiger partial charge in [0, 0.05) is 18.2 Å². The number of anilines is 1. The molecule has 1 heterocycles. The number of aromatic nitrogens is 3. The molecular weight excluding hydrogens is 424 g/mol. The van der Waals surface area contributed by atoms with E-state index >= 15 is 0 Å². The van der Waals surface area contributed by atoms with Gasteiger partial charge < -0.3 is 14.8 Å². The van der Waals surface area contributed by atoms with Crippen molar-refractivity contribution >= 4 is 35.0 Å². The van der Waals surface area contributed by atoms with Gasteiger partial charge in [0.15, 0.2) is 11.0 Å². The predicted molar refractivity (Wildman–Crippen MR) is 120 cm³/mol. The standard InChI is InChI=1S/C21H21ClN4O3S/c1-4-11-26-20(14-5-7-15(28-2)8-6-14)24-25-21(26)30-13-19(27)23-18-12-16(29-3)9-10-17(18)22/h4-10,12H,1,11,13H2,2-3H3,(H,23,27). The number of ether oxygens (including phenoxy) is 2. The Hall–Kier alpha value is -2.97. The third-order valence-corrected chi connectivity index (χ3v) is 5.45. The van der Waals surface area contributed by atoms with E-state index in [4.69, 9.17) is 21.1 Å². The maximum absolute atomic E-state index is 12.4. The number of carbonyl (C=O) groups is 1. The van der Waals surface area contributed by atoms with Crippen LogP contribution in [0.25, 0.3) is 11.4 Å². The van der Waals surface area contributed by atoms with E-state index in [0.29, 0.717) is 34.0 Å². The van der Waals surface area contributed by atoms with Crippen LogP contribution in [0.5, 0.6) is 11.5 Å². The fourth-order valence-corrected chi connectivity index (χ4v) is 3.60. The fourth-order valence-electron chi connectivity index (χ4n) is 2.69. The summed E-state index contributed by atoms with van der Waals surface area (Å²) in [5.41, 5.74) is 1.39. The van der Waals surface area contributed by atoms with Crippen molar-refractivity contribution in [3.8, 4) is 22.9 Å². The molecule has 3 rings (SSSR count). The number of halogens is 1. The van der Waals surface area contributed by atoms with Crippen LogP contribution in [-0.4, -0.2) is 40.6 Å². The number of carbonyl (C=O) groups excluding carboxylic acids is 1. The van der Waals surface area contributed by atoms with Gasteiger partial charge in [-0.15, -0.1) is 16.8 Å². The number of hydrogen-bond acceptors (Lipinski definition) is 6. The number of nitrogens with one attached hydrogen (secondary N) is 1. The maximum Gasteiger partial charge on any atom is 0.234 e. The first-order valence-electron chi connectivity index (χ1n) is 9.00. The zero-order valence-corrected chi connectivity index (χ0v) is 18.2. The molecule has 0 aliphatic heterocycles. The summed E-state index contributed by atoms with van der Waals surface area (Å²) in [5, 5.41) is 12.4. The van der Waals surface area contributed by atoms with Crippen LogP contribution in [0, 0.1) is 0 Å². The second-order valence-corrected chi connectivity index (χ2v) is 7.47. The lowest BCUT2D eigenvalue weighted by atomic mass is 10.2. The summed E-state index contributed by atoms with van der Waals surface area (Å²) in [4.78, 5) is 12.4. The Bertz CT molecular complexity index is 1040. The summed E-state index contributed by atoms with van der Waals surface area (Å²) in [6.45, 7) is 4.32. The zero-order chi connectivity index (χ0) is 21.5. The molecule has 1 aromatic heterocycles. The van der Waals surface area contributed by atoms with Crippen molar-refractivity contribution in [2.75, 3.05) is 25.3 Å². The molecule has 0 saturated carbocycles. The van der Waals surface area contributed by atoms with Crippen LogP contribution in [0.15, 0.2) is 60.3 Å². The minimum atomic E-state index is -0.214. The third kappa shape index (κ3) is 5.14. The van der Waals surface area contributed by atoms with Crippen LogP contribution in [0.2, 0.25) is 5.02 Å². The summed E-state index contributed by atoms with van der Waals surface area (Å²) < 4.78 is 12.3. The van der Waals surface area contributed by atoms with Gasteiger partial charge >= 0.3 is 0 Å². The summed E-state index contributed by atoms with van der Waals surface area (Å²) in [7, 11) is 3.17. The van der Waals surface area contributed by atoms with Gasteiger partial charge in [-0.25, -0.2) is 0 Å². The van der Waals surface area contributed by atoms with Gasteiger partial charge in [0.25, 0.3) is 0 Å². The number of benzene rings is 2. The highest BCUT2D eigenvalue weighted by molar-refractivity contribution is 7.99. The highest BCUT2D eigenvalue weighted by Crippen LogP contribution is 2.28. The predicted octanol–water partition coefficient (Wildman–Crippen LogP) is 4.53. The molecule has 0 radical (unpaired) electrons. The average molecular weight is 445 g/mol. The first-order chi connectivity index (χ1) is 14.5. The van der Waals surface area contributed by atoms with Crippen LogP contribution in [0.4, 0.5) is 5.69 Å². The van der Waals surface area contributed by atoms with Gasteiger partial charge in [-0.3, -0.25) is 9.36 Å². The number of rotatable bonds is 9. The molecular formula is C21H21ClN4O3S. The van der Waals surface area contributed by atoms with Gasteiger partial charge in [-0.05, 0) is 36.4 Å². The molecule has 0 aliphatic carbocycles. The Kier molecular flexibility index (Phi) is 7.37. The van der Waals surface area contributed by atoms with Crippen molar-refractivity contribution < 1.29 is 14.3 Å². The smallest absolute Gasteiger partial charge is 0.234 e. The number of allylic oxidation sites excluding steroid dienone is 1. The van der Waals surface area contributed by atoms with E-state index in [9.17, 15) is 4.79 Å². The second-order valence-electron chi connectivity index (χ2n) is 6.12. The van der Waals surface area contributed by atoms with Gasteiger partial charge in [-0.2, -0.15) is 0 Å². The zero-order valence-electron chi connectivity index (χ0n) is 16.6. The summed E-state index contributed by atoms with van der Waals surface area (Å²) in [6, 6.07) is 12.6. The SMILES string of the molecule is C=CCn1c(SCC(=O)Nc2cc(OC)ccc2Cl)nnc1-c1ccc(OC)cc1. The Balaban J connectivity index is 1.72. The van der Waals surface area contributed by atoms with E-state index in [1.165, 1.54) is 11.8 Å². The van der Waals surface area contributed by atoms with Crippen molar-refractivity contribution in [3.63, 3.8) is 0 Å². The van der Waals surface area contributed by atoms with Gasteiger partial charge in [0.1, 0.15) is 11.5 Å². The molecule has 9 heteroatoms. The summed E-state index contributed by atoms with van der Waals surface area (Å²) in [5.74, 6) is 1.99. The van der Waals surface area contributed by atoms with Crippen molar-refractivity contribution in [2.45, 2.75) is 11.7 Å². The lowest BCUT2D eigenvalue weighted by Crippen LogP contribution is -2.15. The van der Waals surface area contributed by atoms with Crippen LogP contribution in [-0.2, 0) is 11.3 Å². The van der Waals surface area contributed by atoms with E-state index in [-0.39, 0.29) is 11.7 Å². The van der Waals surface area contributed by atoms with Crippen LogP contribution in [0.1, 0.15) is 0 Å². The third-order valence-electron chi connectivity index (χ3n) is 4.16.